The maximum Gasteiger partial charge on any atom is 0.244 e. The Balaban J connectivity index is 1.82. The number of hydrogen-bond donors (Lipinski definition) is 1. The van der Waals surface area contributed by atoms with Gasteiger partial charge in [-0.05, 0) is 25.5 Å². The van der Waals surface area contributed by atoms with E-state index in [-0.39, 0.29) is 6.04 Å². The molecule has 1 aliphatic rings. The molecule has 1 fully saturated rings. The van der Waals surface area contributed by atoms with Crippen molar-refractivity contribution in [3.63, 3.8) is 0 Å². The number of aromatic nitrogens is 2. The largest absolute Gasteiger partial charge is 0.472 e. The third-order valence-corrected chi connectivity index (χ3v) is 2.83. The van der Waals surface area contributed by atoms with Crippen LogP contribution in [0.25, 0.3) is 11.4 Å². The van der Waals surface area contributed by atoms with Crippen molar-refractivity contribution >= 4 is 0 Å². The number of hydrogen-bond acceptors (Lipinski definition) is 5. The predicted octanol–water partition coefficient (Wildman–Crippen LogP) is 2.14. The van der Waals surface area contributed by atoms with Crippen LogP contribution < -0.4 is 5.32 Å². The number of nitrogens with zero attached hydrogens (tertiary/aromatic N) is 2. The molecule has 3 rings (SSSR count). The summed E-state index contributed by atoms with van der Waals surface area (Å²) in [7, 11) is 0. The number of furan rings is 1. The molecule has 0 bridgehead atoms. The third kappa shape index (κ3) is 1.74. The molecule has 1 atom stereocenters. The van der Waals surface area contributed by atoms with Gasteiger partial charge in [0.15, 0.2) is 0 Å². The highest BCUT2D eigenvalue weighted by molar-refractivity contribution is 5.51. The lowest BCUT2D eigenvalue weighted by Crippen LogP contribution is -2.26. The first-order valence-corrected chi connectivity index (χ1v) is 5.53. The van der Waals surface area contributed by atoms with Crippen LogP contribution >= 0.6 is 0 Å². The summed E-state index contributed by atoms with van der Waals surface area (Å²) in [5.74, 6) is 1.27. The fourth-order valence-corrected chi connectivity index (χ4v) is 1.95. The molecule has 5 nitrogen and oxygen atoms in total. The minimum atomic E-state index is 0.210. The van der Waals surface area contributed by atoms with Crippen LogP contribution in [0.4, 0.5) is 0 Å². The second kappa shape index (κ2) is 4.09. The van der Waals surface area contributed by atoms with Crippen LogP contribution in [0.2, 0.25) is 0 Å². The molecule has 0 unspecified atom stereocenters. The SMILES string of the molecule is c1cc(-c2noc([C@H]3CCCCN3)n2)co1. The number of rotatable bonds is 2. The van der Waals surface area contributed by atoms with Gasteiger partial charge in [0.2, 0.25) is 11.7 Å². The fraction of sp³-hybridized carbons (Fsp3) is 0.455. The van der Waals surface area contributed by atoms with Crippen LogP contribution in [0.3, 0.4) is 0 Å². The van der Waals surface area contributed by atoms with Crippen molar-refractivity contribution in [2.75, 3.05) is 6.54 Å². The van der Waals surface area contributed by atoms with Gasteiger partial charge in [0.05, 0.1) is 17.9 Å². The van der Waals surface area contributed by atoms with E-state index in [1.807, 2.05) is 6.07 Å². The van der Waals surface area contributed by atoms with Crippen LogP contribution in [0.15, 0.2) is 27.5 Å². The van der Waals surface area contributed by atoms with Gasteiger partial charge in [-0.25, -0.2) is 0 Å². The molecule has 0 amide bonds. The maximum atomic E-state index is 5.26. The molecule has 0 radical (unpaired) electrons. The Hall–Kier alpha value is -1.62. The second-order valence-corrected chi connectivity index (χ2v) is 3.97. The molecule has 5 heteroatoms. The fourth-order valence-electron chi connectivity index (χ4n) is 1.95. The quantitative estimate of drug-likeness (QED) is 0.838. The van der Waals surface area contributed by atoms with E-state index in [1.165, 1.54) is 12.8 Å². The Kier molecular flexibility index (Phi) is 2.46. The van der Waals surface area contributed by atoms with Gasteiger partial charge in [-0.2, -0.15) is 4.98 Å². The molecule has 3 heterocycles. The van der Waals surface area contributed by atoms with E-state index < -0.39 is 0 Å². The first-order chi connectivity index (χ1) is 7.93. The van der Waals surface area contributed by atoms with Gasteiger partial charge in [0.25, 0.3) is 0 Å². The zero-order valence-corrected chi connectivity index (χ0v) is 8.85. The molecule has 0 aromatic carbocycles. The van der Waals surface area contributed by atoms with Crippen molar-refractivity contribution in [2.24, 2.45) is 0 Å². The minimum absolute atomic E-state index is 0.210. The van der Waals surface area contributed by atoms with Gasteiger partial charge in [0, 0.05) is 0 Å². The summed E-state index contributed by atoms with van der Waals surface area (Å²) in [6.07, 6.45) is 6.71. The standard InChI is InChI=1S/C11H13N3O2/c1-2-5-12-9(3-1)11-13-10(14-16-11)8-4-6-15-7-8/h4,6-7,9,12H,1-3,5H2/t9-/m1/s1. The first-order valence-electron chi connectivity index (χ1n) is 5.53. The molecular formula is C11H13N3O2. The Morgan fingerprint density at radius 1 is 1.38 bits per heavy atom. The van der Waals surface area contributed by atoms with E-state index in [0.29, 0.717) is 11.7 Å². The molecule has 1 aliphatic heterocycles. The minimum Gasteiger partial charge on any atom is -0.472 e. The van der Waals surface area contributed by atoms with E-state index in [0.717, 1.165) is 18.5 Å². The summed E-state index contributed by atoms with van der Waals surface area (Å²) >= 11 is 0. The topological polar surface area (TPSA) is 64.1 Å². The molecule has 0 aliphatic carbocycles. The van der Waals surface area contributed by atoms with Crippen LogP contribution in [0, 0.1) is 0 Å². The summed E-state index contributed by atoms with van der Waals surface area (Å²) in [5.41, 5.74) is 0.853. The Labute approximate surface area is 92.8 Å². The summed E-state index contributed by atoms with van der Waals surface area (Å²) in [6.45, 7) is 1.02. The summed E-state index contributed by atoms with van der Waals surface area (Å²) in [6, 6.07) is 2.03. The molecule has 1 saturated heterocycles. The van der Waals surface area contributed by atoms with Crippen molar-refractivity contribution in [1.82, 2.24) is 15.5 Å². The van der Waals surface area contributed by atoms with E-state index in [9.17, 15) is 0 Å². The zero-order valence-electron chi connectivity index (χ0n) is 8.85. The molecule has 1 N–H and O–H groups in total. The van der Waals surface area contributed by atoms with E-state index in [4.69, 9.17) is 8.94 Å². The molecule has 84 valence electrons. The molecule has 2 aromatic heterocycles. The zero-order chi connectivity index (χ0) is 10.8. The summed E-state index contributed by atoms with van der Waals surface area (Å²) in [5, 5.41) is 7.32. The van der Waals surface area contributed by atoms with Crippen molar-refractivity contribution in [1.29, 1.82) is 0 Å². The van der Waals surface area contributed by atoms with Gasteiger partial charge in [-0.3, -0.25) is 0 Å². The third-order valence-electron chi connectivity index (χ3n) is 2.83. The maximum absolute atomic E-state index is 5.26. The van der Waals surface area contributed by atoms with Gasteiger partial charge in [-0.1, -0.05) is 11.6 Å². The normalized spacial score (nSPS) is 21.1. The summed E-state index contributed by atoms with van der Waals surface area (Å²) in [4.78, 5) is 4.38. The van der Waals surface area contributed by atoms with Gasteiger partial charge < -0.3 is 14.3 Å². The Morgan fingerprint density at radius 2 is 2.38 bits per heavy atom. The summed E-state index contributed by atoms with van der Waals surface area (Å²) < 4.78 is 10.2. The van der Waals surface area contributed by atoms with Crippen molar-refractivity contribution in [3.8, 4) is 11.4 Å². The predicted molar refractivity (Wildman–Crippen MR) is 56.6 cm³/mol. The molecule has 2 aromatic rings. The highest BCUT2D eigenvalue weighted by Crippen LogP contribution is 2.24. The van der Waals surface area contributed by atoms with Crippen LogP contribution in [0.1, 0.15) is 31.2 Å². The van der Waals surface area contributed by atoms with Crippen LogP contribution in [-0.4, -0.2) is 16.7 Å². The Morgan fingerprint density at radius 3 is 3.12 bits per heavy atom. The van der Waals surface area contributed by atoms with Crippen LogP contribution in [0.5, 0.6) is 0 Å². The lowest BCUT2D eigenvalue weighted by Gasteiger charge is -2.19. The molecule has 0 spiro atoms. The number of piperidine rings is 1. The smallest absolute Gasteiger partial charge is 0.244 e. The average Bonchev–Trinajstić information content (AvgIpc) is 3.01. The lowest BCUT2D eigenvalue weighted by atomic mass is 10.1. The average molecular weight is 219 g/mol. The highest BCUT2D eigenvalue weighted by Gasteiger charge is 2.21. The van der Waals surface area contributed by atoms with Crippen molar-refractivity contribution < 1.29 is 8.94 Å². The number of nitrogens with one attached hydrogen (secondary N) is 1. The Bertz CT molecular complexity index is 444. The first kappa shape index (κ1) is 9.59. The van der Waals surface area contributed by atoms with E-state index >= 15 is 0 Å². The van der Waals surface area contributed by atoms with Gasteiger partial charge in [-0.15, -0.1) is 0 Å². The van der Waals surface area contributed by atoms with Crippen LogP contribution in [-0.2, 0) is 0 Å². The van der Waals surface area contributed by atoms with E-state index in [1.54, 1.807) is 12.5 Å². The lowest BCUT2D eigenvalue weighted by molar-refractivity contribution is 0.297. The highest BCUT2D eigenvalue weighted by atomic mass is 16.5. The molecular weight excluding hydrogens is 206 g/mol. The van der Waals surface area contributed by atoms with Gasteiger partial charge >= 0.3 is 0 Å². The van der Waals surface area contributed by atoms with Crippen molar-refractivity contribution in [3.05, 3.63) is 24.5 Å². The van der Waals surface area contributed by atoms with E-state index in [2.05, 4.69) is 15.5 Å². The monoisotopic (exact) mass is 219 g/mol. The molecule has 16 heavy (non-hydrogen) atoms. The second-order valence-electron chi connectivity index (χ2n) is 3.97. The van der Waals surface area contributed by atoms with Gasteiger partial charge in [0.1, 0.15) is 6.26 Å². The molecule has 0 saturated carbocycles. The van der Waals surface area contributed by atoms with Crippen molar-refractivity contribution in [2.45, 2.75) is 25.3 Å².